The number of anilines is 1. The van der Waals surface area contributed by atoms with E-state index >= 15 is 0 Å². The number of phenols is 1. The second-order valence-corrected chi connectivity index (χ2v) is 7.22. The number of hydrazone groups is 1. The summed E-state index contributed by atoms with van der Waals surface area (Å²) in [4.78, 5) is 9.31. The molecule has 166 valence electrons. The van der Waals surface area contributed by atoms with Crippen LogP contribution in [0.25, 0.3) is 22.5 Å². The topological polar surface area (TPSA) is 88.9 Å². The number of nitrogens with one attached hydrogen (secondary N) is 1. The lowest BCUT2D eigenvalue weighted by Gasteiger charge is -2.12. The van der Waals surface area contributed by atoms with Crippen molar-refractivity contribution in [2.75, 3.05) is 19.6 Å². The van der Waals surface area contributed by atoms with Crippen molar-refractivity contribution in [3.63, 3.8) is 0 Å². The lowest BCUT2D eigenvalue weighted by atomic mass is 10.1. The van der Waals surface area contributed by atoms with E-state index in [-0.39, 0.29) is 5.75 Å². The van der Waals surface area contributed by atoms with Crippen molar-refractivity contribution in [2.45, 2.75) is 6.92 Å². The number of phenolic OH excluding ortho intramolecular Hbond substituents is 1. The maximum Gasteiger partial charge on any atom is 0.244 e. The highest BCUT2D eigenvalue weighted by molar-refractivity contribution is 6.01. The minimum atomic E-state index is 0.158. The van der Waals surface area contributed by atoms with Crippen LogP contribution in [0.5, 0.6) is 17.2 Å². The lowest BCUT2D eigenvalue weighted by molar-refractivity contribution is 0.355. The lowest BCUT2D eigenvalue weighted by Crippen LogP contribution is -2.04. The molecule has 0 saturated heterocycles. The van der Waals surface area contributed by atoms with E-state index in [0.29, 0.717) is 34.4 Å². The van der Waals surface area contributed by atoms with Crippen LogP contribution in [0.15, 0.2) is 84.0 Å². The van der Waals surface area contributed by atoms with Gasteiger partial charge in [0.25, 0.3) is 0 Å². The molecule has 0 fully saturated rings. The molecular formula is C26H24N4O3. The molecule has 1 heterocycles. The van der Waals surface area contributed by atoms with Crippen LogP contribution in [0.2, 0.25) is 0 Å². The number of aromatic hydroxyl groups is 1. The summed E-state index contributed by atoms with van der Waals surface area (Å²) < 4.78 is 10.8. The summed E-state index contributed by atoms with van der Waals surface area (Å²) in [7, 11) is 3.20. The summed E-state index contributed by atoms with van der Waals surface area (Å²) in [5, 5.41) is 14.5. The number of benzene rings is 3. The molecule has 4 aromatic rings. The molecule has 7 nitrogen and oxygen atoms in total. The zero-order valence-electron chi connectivity index (χ0n) is 18.6. The van der Waals surface area contributed by atoms with Gasteiger partial charge < -0.3 is 14.6 Å². The molecule has 0 amide bonds. The van der Waals surface area contributed by atoms with Gasteiger partial charge in [0.05, 0.1) is 31.3 Å². The van der Waals surface area contributed by atoms with Crippen molar-refractivity contribution in [1.29, 1.82) is 0 Å². The fourth-order valence-electron chi connectivity index (χ4n) is 3.37. The molecule has 7 heteroatoms. The van der Waals surface area contributed by atoms with E-state index in [4.69, 9.17) is 9.47 Å². The van der Waals surface area contributed by atoms with Crippen molar-refractivity contribution in [3.05, 3.63) is 84.4 Å². The Kier molecular flexibility index (Phi) is 6.50. The molecule has 33 heavy (non-hydrogen) atoms. The van der Waals surface area contributed by atoms with Crippen molar-refractivity contribution < 1.29 is 14.6 Å². The van der Waals surface area contributed by atoms with Gasteiger partial charge in [0, 0.05) is 16.7 Å². The smallest absolute Gasteiger partial charge is 0.244 e. The van der Waals surface area contributed by atoms with Crippen LogP contribution in [0.4, 0.5) is 5.95 Å². The molecule has 0 saturated carbocycles. The quantitative estimate of drug-likeness (QED) is 0.297. The first-order chi connectivity index (χ1) is 16.1. The molecule has 1 aromatic heterocycles. The number of ether oxygens (including phenoxy) is 2. The Morgan fingerprint density at radius 1 is 0.788 bits per heavy atom. The second-order valence-electron chi connectivity index (χ2n) is 7.22. The number of aromatic nitrogens is 2. The molecule has 0 bridgehead atoms. The number of methoxy groups -OCH3 is 2. The molecular weight excluding hydrogens is 416 g/mol. The summed E-state index contributed by atoms with van der Waals surface area (Å²) in [6.07, 6.45) is 0. The van der Waals surface area contributed by atoms with E-state index in [9.17, 15) is 5.11 Å². The molecule has 0 aliphatic rings. The Balaban J connectivity index is 1.76. The maximum absolute atomic E-state index is 10.1. The highest BCUT2D eigenvalue weighted by Crippen LogP contribution is 2.33. The molecule has 0 spiro atoms. The number of nitrogens with zero attached hydrogens (tertiary/aromatic N) is 3. The number of hydrogen-bond acceptors (Lipinski definition) is 7. The number of rotatable bonds is 7. The number of para-hydroxylation sites is 1. The largest absolute Gasteiger partial charge is 0.507 e. The van der Waals surface area contributed by atoms with Gasteiger partial charge in [-0.25, -0.2) is 15.4 Å². The van der Waals surface area contributed by atoms with E-state index in [0.717, 1.165) is 16.8 Å². The Morgan fingerprint density at radius 3 is 2.15 bits per heavy atom. The van der Waals surface area contributed by atoms with Crippen molar-refractivity contribution >= 4 is 11.7 Å². The van der Waals surface area contributed by atoms with Gasteiger partial charge >= 0.3 is 0 Å². The SMILES string of the molecule is COc1ccc(-c2cc(-c3ccccc3)nc(N/N=C(\C)c3ccccc3O)n2)cc1OC. The van der Waals surface area contributed by atoms with E-state index in [1.807, 2.05) is 60.7 Å². The number of hydrogen-bond donors (Lipinski definition) is 2. The predicted molar refractivity (Wildman–Crippen MR) is 130 cm³/mol. The Morgan fingerprint density at radius 2 is 1.45 bits per heavy atom. The first kappa shape index (κ1) is 21.8. The molecule has 2 N–H and O–H groups in total. The zero-order chi connectivity index (χ0) is 23.2. The van der Waals surface area contributed by atoms with Crippen LogP contribution in [-0.4, -0.2) is 35.0 Å². The predicted octanol–water partition coefficient (Wildman–Crippen LogP) is 5.37. The summed E-state index contributed by atoms with van der Waals surface area (Å²) in [6, 6.07) is 24.4. The molecule has 3 aromatic carbocycles. The monoisotopic (exact) mass is 440 g/mol. The first-order valence-electron chi connectivity index (χ1n) is 10.3. The Labute approximate surface area is 192 Å². The summed E-state index contributed by atoms with van der Waals surface area (Å²) in [5.74, 6) is 1.74. The van der Waals surface area contributed by atoms with E-state index in [2.05, 4.69) is 20.5 Å². The zero-order valence-corrected chi connectivity index (χ0v) is 18.6. The molecule has 0 aliphatic carbocycles. The fourth-order valence-corrected chi connectivity index (χ4v) is 3.37. The minimum Gasteiger partial charge on any atom is -0.507 e. The van der Waals surface area contributed by atoms with Gasteiger partial charge in [-0.15, -0.1) is 0 Å². The summed E-state index contributed by atoms with van der Waals surface area (Å²) in [6.45, 7) is 1.80. The van der Waals surface area contributed by atoms with E-state index in [1.165, 1.54) is 0 Å². The minimum absolute atomic E-state index is 0.158. The van der Waals surface area contributed by atoms with Gasteiger partial charge in [-0.2, -0.15) is 5.10 Å². The molecule has 0 unspecified atom stereocenters. The molecule has 0 aliphatic heterocycles. The van der Waals surface area contributed by atoms with Crippen molar-refractivity contribution in [3.8, 4) is 39.8 Å². The normalized spacial score (nSPS) is 11.2. The van der Waals surface area contributed by atoms with Crippen LogP contribution in [0.1, 0.15) is 12.5 Å². The molecule has 4 rings (SSSR count). The maximum atomic E-state index is 10.1. The van der Waals surface area contributed by atoms with Crippen LogP contribution in [0, 0.1) is 0 Å². The van der Waals surface area contributed by atoms with Gasteiger partial charge in [-0.05, 0) is 43.3 Å². The summed E-state index contributed by atoms with van der Waals surface area (Å²) >= 11 is 0. The van der Waals surface area contributed by atoms with Gasteiger partial charge in [-0.1, -0.05) is 42.5 Å². The van der Waals surface area contributed by atoms with Crippen LogP contribution >= 0.6 is 0 Å². The highest BCUT2D eigenvalue weighted by Gasteiger charge is 2.12. The summed E-state index contributed by atoms with van der Waals surface area (Å²) in [5.41, 5.74) is 7.41. The standard InChI is InChI=1S/C26H24N4O3/c1-17(20-11-7-8-12-23(20)31)29-30-26-27-21(18-9-5-4-6-10-18)16-22(28-26)19-13-14-24(32-2)25(15-19)33-3/h4-16,31H,1-3H3,(H,27,28,30)/b29-17+. The average molecular weight is 441 g/mol. The molecule has 0 radical (unpaired) electrons. The van der Waals surface area contributed by atoms with Gasteiger partial charge in [0.2, 0.25) is 5.95 Å². The fraction of sp³-hybridized carbons (Fsp3) is 0.115. The van der Waals surface area contributed by atoms with E-state index < -0.39 is 0 Å². The second kappa shape index (κ2) is 9.82. The third kappa shape index (κ3) is 4.93. The van der Waals surface area contributed by atoms with Gasteiger partial charge in [0.1, 0.15) is 5.75 Å². The van der Waals surface area contributed by atoms with Gasteiger partial charge in [0.15, 0.2) is 11.5 Å². The highest BCUT2D eigenvalue weighted by atomic mass is 16.5. The van der Waals surface area contributed by atoms with Crippen LogP contribution in [-0.2, 0) is 0 Å². The molecule has 0 atom stereocenters. The average Bonchev–Trinajstić information content (AvgIpc) is 2.87. The Bertz CT molecular complexity index is 1290. The first-order valence-corrected chi connectivity index (χ1v) is 10.3. The third-order valence-electron chi connectivity index (χ3n) is 5.09. The third-order valence-corrected chi connectivity index (χ3v) is 5.09. The van der Waals surface area contributed by atoms with Crippen molar-refractivity contribution in [2.24, 2.45) is 5.10 Å². The van der Waals surface area contributed by atoms with E-state index in [1.54, 1.807) is 39.3 Å². The van der Waals surface area contributed by atoms with Crippen molar-refractivity contribution in [1.82, 2.24) is 9.97 Å². The van der Waals surface area contributed by atoms with Crippen LogP contribution in [0.3, 0.4) is 0 Å². The Hall–Kier alpha value is -4.39. The van der Waals surface area contributed by atoms with Gasteiger partial charge in [-0.3, -0.25) is 0 Å². The van der Waals surface area contributed by atoms with Crippen LogP contribution < -0.4 is 14.9 Å².